The van der Waals surface area contributed by atoms with E-state index in [-0.39, 0.29) is 24.9 Å². The van der Waals surface area contributed by atoms with Gasteiger partial charge in [-0.15, -0.1) is 0 Å². The van der Waals surface area contributed by atoms with Crippen molar-refractivity contribution in [1.82, 2.24) is 10.2 Å². The lowest BCUT2D eigenvalue weighted by molar-refractivity contribution is -0.137. The summed E-state index contributed by atoms with van der Waals surface area (Å²) in [6.07, 6.45) is -3.66. The van der Waals surface area contributed by atoms with Gasteiger partial charge in [-0.3, -0.25) is 0 Å². The molecule has 1 saturated heterocycles. The van der Waals surface area contributed by atoms with Crippen molar-refractivity contribution in [1.29, 1.82) is 0 Å². The number of amides is 3. The highest BCUT2D eigenvalue weighted by molar-refractivity contribution is 5.89. The first-order valence-electron chi connectivity index (χ1n) is 8.37. The molecule has 0 spiro atoms. The van der Waals surface area contributed by atoms with E-state index >= 15 is 0 Å². The minimum atomic E-state index is -4.48. The number of alkyl halides is 3. The minimum Gasteiger partial charge on any atom is -0.450 e. The number of carbonyl (C=O) groups is 2. The number of hydrogen-bond acceptors (Lipinski definition) is 3. The van der Waals surface area contributed by atoms with E-state index in [9.17, 15) is 22.8 Å². The number of nitrogens with one attached hydrogen (secondary N) is 2. The quantitative estimate of drug-likeness (QED) is 0.848. The molecule has 1 aliphatic heterocycles. The van der Waals surface area contributed by atoms with Crippen LogP contribution in [0.1, 0.15) is 30.9 Å². The first-order valence-corrected chi connectivity index (χ1v) is 8.37. The van der Waals surface area contributed by atoms with Crippen LogP contribution < -0.4 is 10.6 Å². The number of urea groups is 1. The van der Waals surface area contributed by atoms with Gasteiger partial charge in [0, 0.05) is 24.8 Å². The maximum absolute atomic E-state index is 12.9. The number of nitrogens with zero attached hydrogens (tertiary/aromatic N) is 1. The Bertz CT molecular complexity index is 664. The second-order valence-corrected chi connectivity index (χ2v) is 6.17. The maximum Gasteiger partial charge on any atom is 0.416 e. The zero-order valence-corrected chi connectivity index (χ0v) is 14.7. The Morgan fingerprint density at radius 2 is 2.04 bits per heavy atom. The number of aryl methyl sites for hydroxylation is 1. The van der Waals surface area contributed by atoms with Crippen LogP contribution in [-0.4, -0.2) is 42.8 Å². The Labute approximate surface area is 149 Å². The average molecular weight is 373 g/mol. The van der Waals surface area contributed by atoms with E-state index in [1.54, 1.807) is 6.92 Å². The Morgan fingerprint density at radius 1 is 1.31 bits per heavy atom. The Hall–Kier alpha value is -2.45. The number of ether oxygens (including phenoxy) is 1. The molecule has 1 atom stereocenters. The van der Waals surface area contributed by atoms with E-state index in [1.165, 1.54) is 17.9 Å². The molecule has 26 heavy (non-hydrogen) atoms. The molecule has 1 aliphatic rings. The monoisotopic (exact) mass is 373 g/mol. The Kier molecular flexibility index (Phi) is 6.33. The largest absolute Gasteiger partial charge is 0.450 e. The van der Waals surface area contributed by atoms with Crippen LogP contribution >= 0.6 is 0 Å². The number of piperidine rings is 1. The van der Waals surface area contributed by atoms with Crippen LogP contribution in [0.2, 0.25) is 0 Å². The summed E-state index contributed by atoms with van der Waals surface area (Å²) < 4.78 is 43.5. The predicted octanol–water partition coefficient (Wildman–Crippen LogP) is 3.76. The van der Waals surface area contributed by atoms with Gasteiger partial charge in [0.2, 0.25) is 0 Å². The van der Waals surface area contributed by atoms with E-state index in [1.807, 2.05) is 0 Å². The number of anilines is 1. The summed E-state index contributed by atoms with van der Waals surface area (Å²) in [4.78, 5) is 25.3. The zero-order valence-electron chi connectivity index (χ0n) is 14.7. The number of alkyl carbamates (subject to hydrolysis) is 1. The molecule has 144 valence electrons. The molecule has 0 unspecified atom stereocenters. The highest BCUT2D eigenvalue weighted by atomic mass is 19.4. The first kappa shape index (κ1) is 19.9. The summed E-state index contributed by atoms with van der Waals surface area (Å²) in [5.41, 5.74) is -0.327. The molecule has 2 rings (SSSR count). The van der Waals surface area contributed by atoms with Crippen molar-refractivity contribution in [2.45, 2.75) is 38.9 Å². The Balaban J connectivity index is 2.01. The molecule has 2 N–H and O–H groups in total. The number of carbonyl (C=O) groups excluding carboxylic acids is 2. The molecule has 1 aromatic rings. The summed E-state index contributed by atoms with van der Waals surface area (Å²) >= 11 is 0. The van der Waals surface area contributed by atoms with Crippen molar-refractivity contribution in [3.05, 3.63) is 29.3 Å². The molecule has 9 heteroatoms. The standard InChI is InChI=1S/C17H22F3N3O3/c1-3-26-16(25)22-13-5-4-6-23(10-13)15(24)21-14-8-11(2)7-12(9-14)17(18,19)20/h7-9,13H,3-6,10H2,1-2H3,(H,21,24)(H,22,25)/t13-/m1/s1. The Morgan fingerprint density at radius 3 is 2.69 bits per heavy atom. The van der Waals surface area contributed by atoms with Crippen molar-refractivity contribution >= 4 is 17.8 Å². The number of likely N-dealkylation sites (tertiary alicyclic amines) is 1. The van der Waals surface area contributed by atoms with Crippen molar-refractivity contribution in [2.24, 2.45) is 0 Å². The van der Waals surface area contributed by atoms with Crippen molar-refractivity contribution < 1.29 is 27.5 Å². The van der Waals surface area contributed by atoms with Gasteiger partial charge >= 0.3 is 18.3 Å². The van der Waals surface area contributed by atoms with E-state index in [0.717, 1.165) is 12.1 Å². The summed E-state index contributed by atoms with van der Waals surface area (Å²) in [5.74, 6) is 0. The number of rotatable bonds is 3. The van der Waals surface area contributed by atoms with Gasteiger partial charge in [0.25, 0.3) is 0 Å². The highest BCUT2D eigenvalue weighted by Gasteiger charge is 2.31. The number of benzene rings is 1. The molecule has 3 amide bonds. The smallest absolute Gasteiger partial charge is 0.416 e. The molecule has 1 fully saturated rings. The van der Waals surface area contributed by atoms with Crippen LogP contribution in [0.15, 0.2) is 18.2 Å². The summed E-state index contributed by atoms with van der Waals surface area (Å²) in [5, 5.41) is 5.18. The van der Waals surface area contributed by atoms with Crippen LogP contribution in [0.3, 0.4) is 0 Å². The molecule has 0 radical (unpaired) electrons. The predicted molar refractivity (Wildman–Crippen MR) is 90.0 cm³/mol. The van der Waals surface area contributed by atoms with E-state index in [0.29, 0.717) is 24.9 Å². The molecular formula is C17H22F3N3O3. The zero-order chi connectivity index (χ0) is 19.3. The van der Waals surface area contributed by atoms with Crippen molar-refractivity contribution in [3.63, 3.8) is 0 Å². The second-order valence-electron chi connectivity index (χ2n) is 6.17. The highest BCUT2D eigenvalue weighted by Crippen LogP contribution is 2.32. The second kappa shape index (κ2) is 8.29. The third-order valence-corrected chi connectivity index (χ3v) is 3.96. The van der Waals surface area contributed by atoms with Gasteiger partial charge in [0.1, 0.15) is 0 Å². The molecule has 0 aromatic heterocycles. The molecule has 0 aliphatic carbocycles. The van der Waals surface area contributed by atoms with Gasteiger partial charge in [-0.25, -0.2) is 9.59 Å². The van der Waals surface area contributed by atoms with Gasteiger partial charge in [-0.05, 0) is 50.5 Å². The van der Waals surface area contributed by atoms with Crippen LogP contribution in [0, 0.1) is 6.92 Å². The number of hydrogen-bond donors (Lipinski definition) is 2. The van der Waals surface area contributed by atoms with Gasteiger partial charge in [0.05, 0.1) is 12.2 Å². The normalized spacial score (nSPS) is 17.6. The SMILES string of the molecule is CCOC(=O)N[C@@H]1CCCN(C(=O)Nc2cc(C)cc(C(F)(F)F)c2)C1. The maximum atomic E-state index is 12.9. The van der Waals surface area contributed by atoms with Crippen LogP contribution in [0.25, 0.3) is 0 Å². The van der Waals surface area contributed by atoms with Gasteiger partial charge < -0.3 is 20.3 Å². The van der Waals surface area contributed by atoms with Gasteiger partial charge in [0.15, 0.2) is 0 Å². The average Bonchev–Trinajstić information content (AvgIpc) is 2.54. The van der Waals surface area contributed by atoms with Gasteiger partial charge in [-0.1, -0.05) is 0 Å². The van der Waals surface area contributed by atoms with E-state index in [2.05, 4.69) is 10.6 Å². The third kappa shape index (κ3) is 5.53. The topological polar surface area (TPSA) is 70.7 Å². The first-order chi connectivity index (χ1) is 12.2. The molecule has 1 heterocycles. The van der Waals surface area contributed by atoms with Gasteiger partial charge in [-0.2, -0.15) is 13.2 Å². The van der Waals surface area contributed by atoms with E-state index in [4.69, 9.17) is 4.74 Å². The lowest BCUT2D eigenvalue weighted by atomic mass is 10.1. The molecule has 0 bridgehead atoms. The summed E-state index contributed by atoms with van der Waals surface area (Å²) in [7, 11) is 0. The fourth-order valence-corrected chi connectivity index (χ4v) is 2.84. The lowest BCUT2D eigenvalue weighted by Gasteiger charge is -2.33. The molecule has 0 saturated carbocycles. The van der Waals surface area contributed by atoms with Crippen LogP contribution in [-0.2, 0) is 10.9 Å². The summed E-state index contributed by atoms with van der Waals surface area (Å²) in [6, 6.07) is 2.65. The lowest BCUT2D eigenvalue weighted by Crippen LogP contribution is -2.50. The van der Waals surface area contributed by atoms with Crippen LogP contribution in [0.4, 0.5) is 28.4 Å². The molecule has 1 aromatic carbocycles. The third-order valence-electron chi connectivity index (χ3n) is 3.96. The fraction of sp³-hybridized carbons (Fsp3) is 0.529. The van der Waals surface area contributed by atoms with E-state index < -0.39 is 23.9 Å². The fourth-order valence-electron chi connectivity index (χ4n) is 2.84. The van der Waals surface area contributed by atoms with Crippen LogP contribution in [0.5, 0.6) is 0 Å². The molecular weight excluding hydrogens is 351 g/mol. The molecule has 6 nitrogen and oxygen atoms in total. The van der Waals surface area contributed by atoms with Crippen molar-refractivity contribution in [2.75, 3.05) is 25.0 Å². The summed E-state index contributed by atoms with van der Waals surface area (Å²) in [6.45, 7) is 4.20. The van der Waals surface area contributed by atoms with Crippen molar-refractivity contribution in [3.8, 4) is 0 Å². The number of halogens is 3. The minimum absolute atomic E-state index is 0.0859.